The summed E-state index contributed by atoms with van der Waals surface area (Å²) in [5, 5.41) is 2.12. The number of nitrogens with zero attached hydrogens (tertiary/aromatic N) is 2. The summed E-state index contributed by atoms with van der Waals surface area (Å²) in [6.07, 6.45) is 0. The van der Waals surface area contributed by atoms with Crippen LogP contribution in [-0.2, 0) is 16.6 Å². The summed E-state index contributed by atoms with van der Waals surface area (Å²) in [5.74, 6) is 0.0121. The summed E-state index contributed by atoms with van der Waals surface area (Å²) in [5.41, 5.74) is 7.35. The van der Waals surface area contributed by atoms with Gasteiger partial charge in [-0.1, -0.05) is 60.2 Å². The largest absolute Gasteiger partial charge is 0.341 e. The van der Waals surface area contributed by atoms with Crippen molar-refractivity contribution in [2.24, 2.45) is 0 Å². The number of aromatic nitrogens is 1. The molecule has 0 saturated heterocycles. The van der Waals surface area contributed by atoms with E-state index in [1.54, 1.807) is 23.4 Å². The second-order valence-electron chi connectivity index (χ2n) is 9.85. The van der Waals surface area contributed by atoms with Crippen LogP contribution in [0.4, 0.5) is 5.69 Å². The Morgan fingerprint density at radius 1 is 0.897 bits per heavy atom. The molecular formula is C32H27IN2O3S. The number of para-hydroxylation sites is 1. The first kappa shape index (κ1) is 25.8. The zero-order chi connectivity index (χ0) is 27.5. The number of benzene rings is 4. The summed E-state index contributed by atoms with van der Waals surface area (Å²) in [6, 6.07) is 26.9. The number of sulfonamides is 1. The number of hydrogen-bond acceptors (Lipinski definition) is 3. The third-order valence-corrected chi connectivity index (χ3v) is 10.1. The van der Waals surface area contributed by atoms with Crippen LogP contribution in [0.25, 0.3) is 27.4 Å². The highest BCUT2D eigenvalue weighted by molar-refractivity contribution is 14.1. The minimum absolute atomic E-state index is 0.0121. The topological polar surface area (TPSA) is 59.4 Å². The lowest BCUT2D eigenvalue weighted by Gasteiger charge is -2.33. The molecule has 0 saturated carbocycles. The Morgan fingerprint density at radius 2 is 1.59 bits per heavy atom. The van der Waals surface area contributed by atoms with Crippen LogP contribution in [0.5, 0.6) is 0 Å². The summed E-state index contributed by atoms with van der Waals surface area (Å²) in [7, 11) is -3.83. The van der Waals surface area contributed by atoms with E-state index in [9.17, 15) is 13.2 Å². The van der Waals surface area contributed by atoms with Gasteiger partial charge in [0.1, 0.15) is 0 Å². The molecule has 0 unspecified atom stereocenters. The van der Waals surface area contributed by atoms with E-state index in [4.69, 9.17) is 0 Å². The Bertz CT molecular complexity index is 1920. The highest BCUT2D eigenvalue weighted by atomic mass is 127. The number of halogens is 1. The molecule has 0 fully saturated rings. The number of Topliss-reactive ketones (excluding diaryl/α,β-unsaturated/α-hetero) is 1. The molecule has 1 aromatic heterocycles. The molecule has 39 heavy (non-hydrogen) atoms. The van der Waals surface area contributed by atoms with Crippen LogP contribution in [-0.4, -0.2) is 25.3 Å². The van der Waals surface area contributed by atoms with Crippen LogP contribution >= 0.6 is 22.6 Å². The van der Waals surface area contributed by atoms with Crippen molar-refractivity contribution in [1.29, 1.82) is 0 Å². The Balaban J connectivity index is 1.69. The van der Waals surface area contributed by atoms with Gasteiger partial charge in [-0.2, -0.15) is 0 Å². The Hall–Kier alpha value is -3.43. The summed E-state index contributed by atoms with van der Waals surface area (Å²) in [4.78, 5) is 12.2. The molecule has 0 N–H and O–H groups in total. The van der Waals surface area contributed by atoms with Crippen molar-refractivity contribution in [1.82, 2.24) is 4.57 Å². The fraction of sp³-hybridized carbons (Fsp3) is 0.156. The molecule has 0 spiro atoms. The van der Waals surface area contributed by atoms with Gasteiger partial charge in [0.15, 0.2) is 5.78 Å². The maximum atomic E-state index is 14.1. The molecule has 5 nitrogen and oxygen atoms in total. The van der Waals surface area contributed by atoms with E-state index in [0.29, 0.717) is 11.3 Å². The van der Waals surface area contributed by atoms with E-state index in [1.807, 2.05) is 67.6 Å². The third kappa shape index (κ3) is 4.10. The minimum atomic E-state index is -3.83. The van der Waals surface area contributed by atoms with Crippen molar-refractivity contribution in [3.63, 3.8) is 0 Å². The van der Waals surface area contributed by atoms with E-state index in [2.05, 4.69) is 46.2 Å². The van der Waals surface area contributed by atoms with Crippen molar-refractivity contribution in [3.05, 3.63) is 111 Å². The van der Waals surface area contributed by atoms with Gasteiger partial charge in [-0.05, 0) is 79.3 Å². The number of rotatable bonds is 5. The molecule has 0 aliphatic carbocycles. The molecule has 5 aromatic rings. The zero-order valence-corrected chi connectivity index (χ0v) is 24.9. The normalized spacial score (nSPS) is 13.8. The highest BCUT2D eigenvalue weighted by Crippen LogP contribution is 2.48. The predicted molar refractivity (Wildman–Crippen MR) is 167 cm³/mol. The molecule has 0 amide bonds. The van der Waals surface area contributed by atoms with E-state index in [1.165, 1.54) is 0 Å². The fourth-order valence-electron chi connectivity index (χ4n) is 5.58. The molecule has 1 aliphatic heterocycles. The molecule has 0 radical (unpaired) electrons. The third-order valence-electron chi connectivity index (χ3n) is 7.49. The second kappa shape index (κ2) is 9.64. The van der Waals surface area contributed by atoms with Gasteiger partial charge in [0.25, 0.3) is 10.0 Å². The molecule has 7 heteroatoms. The number of ketones is 1. The first-order valence-electron chi connectivity index (χ1n) is 12.9. The van der Waals surface area contributed by atoms with Gasteiger partial charge in [-0.25, -0.2) is 8.42 Å². The van der Waals surface area contributed by atoms with E-state index < -0.39 is 10.0 Å². The number of carbonyl (C=O) groups is 1. The molecule has 196 valence electrons. The van der Waals surface area contributed by atoms with Crippen LogP contribution in [0.2, 0.25) is 0 Å². The maximum absolute atomic E-state index is 14.1. The number of fused-ring (bicyclic) bond motifs is 5. The summed E-state index contributed by atoms with van der Waals surface area (Å²) in [6.45, 7) is 6.65. The Morgan fingerprint density at radius 3 is 2.26 bits per heavy atom. The van der Waals surface area contributed by atoms with Crippen LogP contribution < -0.4 is 4.31 Å². The lowest BCUT2D eigenvalue weighted by atomic mass is 9.89. The molecule has 6 rings (SSSR count). The van der Waals surface area contributed by atoms with Gasteiger partial charge in [0.05, 0.1) is 17.1 Å². The first-order chi connectivity index (χ1) is 18.7. The first-order valence-corrected chi connectivity index (χ1v) is 15.4. The number of carbonyl (C=O) groups excluding carboxylic acids is 1. The van der Waals surface area contributed by atoms with E-state index in [0.717, 1.165) is 54.2 Å². The average Bonchev–Trinajstić information content (AvgIpc) is 3.26. The van der Waals surface area contributed by atoms with Crippen LogP contribution in [0.15, 0.2) is 93.4 Å². The summed E-state index contributed by atoms with van der Waals surface area (Å²) >= 11 is 2.29. The standard InChI is InChI=1S/C32H27IN2O3S/c1-4-34-27-8-6-5-7-25(27)31-28(34)17-18-29-32(31)30(23-13-11-22(12-14-23)21(3)36)26(33)19-35(29)39(37,38)24-15-9-20(2)10-16-24/h5-18H,4,19H2,1-3H3. The van der Waals surface area contributed by atoms with Gasteiger partial charge in [-0.15, -0.1) is 0 Å². The Kier molecular flexibility index (Phi) is 6.38. The van der Waals surface area contributed by atoms with Crippen molar-refractivity contribution in [2.75, 3.05) is 10.8 Å². The lowest BCUT2D eigenvalue weighted by molar-refractivity contribution is 0.101. The molecule has 0 bridgehead atoms. The van der Waals surface area contributed by atoms with Crippen LogP contribution in [0.1, 0.15) is 40.9 Å². The van der Waals surface area contributed by atoms with Crippen molar-refractivity contribution in [2.45, 2.75) is 32.2 Å². The minimum Gasteiger partial charge on any atom is -0.341 e. The van der Waals surface area contributed by atoms with Gasteiger partial charge in [-0.3, -0.25) is 9.10 Å². The highest BCUT2D eigenvalue weighted by Gasteiger charge is 2.35. The van der Waals surface area contributed by atoms with Crippen LogP contribution in [0, 0.1) is 6.92 Å². The van der Waals surface area contributed by atoms with Crippen molar-refractivity contribution < 1.29 is 13.2 Å². The average molecular weight is 647 g/mol. The maximum Gasteiger partial charge on any atom is 0.264 e. The van der Waals surface area contributed by atoms with Gasteiger partial charge in [0, 0.05) is 48.6 Å². The Labute approximate surface area is 241 Å². The number of hydrogen-bond donors (Lipinski definition) is 0. The van der Waals surface area contributed by atoms with E-state index >= 15 is 0 Å². The predicted octanol–water partition coefficient (Wildman–Crippen LogP) is 7.73. The van der Waals surface area contributed by atoms with Gasteiger partial charge >= 0.3 is 0 Å². The SMILES string of the molecule is CCn1c2ccccc2c2c3c(ccc21)N(S(=O)(=O)c1ccc(C)cc1)CC(I)=C3c1ccc(C(C)=O)cc1. The smallest absolute Gasteiger partial charge is 0.264 e. The molecular weight excluding hydrogens is 619 g/mol. The summed E-state index contributed by atoms with van der Waals surface area (Å²) < 4.78 is 32.9. The molecule has 2 heterocycles. The van der Waals surface area contributed by atoms with Crippen LogP contribution in [0.3, 0.4) is 0 Å². The molecule has 0 atom stereocenters. The van der Waals surface area contributed by atoms with Crippen molar-refractivity contribution in [3.8, 4) is 0 Å². The zero-order valence-electron chi connectivity index (χ0n) is 21.9. The number of anilines is 1. The van der Waals surface area contributed by atoms with Gasteiger partial charge < -0.3 is 4.57 Å². The lowest BCUT2D eigenvalue weighted by Crippen LogP contribution is -2.35. The molecule has 1 aliphatic rings. The monoisotopic (exact) mass is 646 g/mol. The number of aryl methyl sites for hydroxylation is 2. The van der Waals surface area contributed by atoms with Gasteiger partial charge in [0.2, 0.25) is 0 Å². The second-order valence-corrected chi connectivity index (χ2v) is 13.0. The fourth-order valence-corrected chi connectivity index (χ4v) is 8.18. The van der Waals surface area contributed by atoms with Crippen molar-refractivity contribution >= 4 is 71.5 Å². The van der Waals surface area contributed by atoms with E-state index in [-0.39, 0.29) is 17.2 Å². The molecule has 4 aromatic carbocycles. The quantitative estimate of drug-likeness (QED) is 0.145.